The van der Waals surface area contributed by atoms with Gasteiger partial charge in [-0.15, -0.1) is 11.6 Å². The third kappa shape index (κ3) is 3.99. The van der Waals surface area contributed by atoms with E-state index in [0.717, 1.165) is 25.7 Å². The van der Waals surface area contributed by atoms with Crippen molar-refractivity contribution in [2.24, 2.45) is 5.41 Å². The van der Waals surface area contributed by atoms with E-state index in [0.29, 0.717) is 18.8 Å². The Morgan fingerprint density at radius 3 is 2.53 bits per heavy atom. The fourth-order valence-corrected chi connectivity index (χ4v) is 2.32. The number of amides is 1. The summed E-state index contributed by atoms with van der Waals surface area (Å²) >= 11 is 5.48. The number of hydrogen-bond acceptors (Lipinski definition) is 2. The van der Waals surface area contributed by atoms with E-state index in [4.69, 9.17) is 11.6 Å². The molecule has 1 aliphatic rings. The maximum atomic E-state index is 11.3. The Labute approximate surface area is 96.2 Å². The smallest absolute Gasteiger partial charge is 0.221 e. The minimum absolute atomic E-state index is 0.0107. The van der Waals surface area contributed by atoms with Crippen LogP contribution in [0.2, 0.25) is 0 Å². The maximum Gasteiger partial charge on any atom is 0.221 e. The Morgan fingerprint density at radius 2 is 2.00 bits per heavy atom. The molecule has 0 atom stereocenters. The number of rotatable bonds is 5. The molecule has 1 fully saturated rings. The lowest BCUT2D eigenvalue weighted by atomic mass is 9.74. The summed E-state index contributed by atoms with van der Waals surface area (Å²) in [6.45, 7) is 0.771. The summed E-state index contributed by atoms with van der Waals surface area (Å²) in [5.41, 5.74) is -0.0692. The second kappa shape index (κ2) is 6.33. The molecule has 0 aromatic carbocycles. The van der Waals surface area contributed by atoms with Crippen LogP contribution in [0, 0.1) is 5.41 Å². The first kappa shape index (κ1) is 12.8. The summed E-state index contributed by atoms with van der Waals surface area (Å²) in [5, 5.41) is 12.3. The average molecular weight is 234 g/mol. The molecule has 15 heavy (non-hydrogen) atoms. The van der Waals surface area contributed by atoms with Crippen LogP contribution in [0.15, 0.2) is 0 Å². The van der Waals surface area contributed by atoms with Gasteiger partial charge in [0.2, 0.25) is 5.91 Å². The van der Waals surface area contributed by atoms with Crippen molar-refractivity contribution in [1.82, 2.24) is 5.32 Å². The molecule has 0 aromatic rings. The first-order valence-electron chi connectivity index (χ1n) is 5.66. The zero-order valence-corrected chi connectivity index (χ0v) is 9.85. The molecule has 3 nitrogen and oxygen atoms in total. The normalized spacial score (nSPS) is 19.9. The van der Waals surface area contributed by atoms with Crippen molar-refractivity contribution < 1.29 is 9.90 Å². The molecule has 0 aliphatic heterocycles. The molecule has 1 aliphatic carbocycles. The van der Waals surface area contributed by atoms with Gasteiger partial charge in [-0.3, -0.25) is 4.79 Å². The zero-order valence-electron chi connectivity index (χ0n) is 9.10. The van der Waals surface area contributed by atoms with Gasteiger partial charge in [0.1, 0.15) is 0 Å². The summed E-state index contributed by atoms with van der Waals surface area (Å²) in [6, 6.07) is 0. The highest BCUT2D eigenvalue weighted by molar-refractivity contribution is 6.18. The van der Waals surface area contributed by atoms with E-state index >= 15 is 0 Å². The van der Waals surface area contributed by atoms with Crippen molar-refractivity contribution in [2.45, 2.75) is 38.5 Å². The van der Waals surface area contributed by atoms with Crippen molar-refractivity contribution >= 4 is 17.5 Å². The van der Waals surface area contributed by atoms with Crippen molar-refractivity contribution in [1.29, 1.82) is 0 Å². The Balaban J connectivity index is 2.35. The Kier molecular flexibility index (Phi) is 5.40. The summed E-state index contributed by atoms with van der Waals surface area (Å²) in [5.74, 6) is 0.348. The Bertz CT molecular complexity index is 203. The minimum atomic E-state index is -0.0692. The molecule has 1 saturated carbocycles. The zero-order chi connectivity index (χ0) is 11.1. The highest BCUT2D eigenvalue weighted by Crippen LogP contribution is 2.35. The van der Waals surface area contributed by atoms with Crippen LogP contribution in [0.25, 0.3) is 0 Å². The summed E-state index contributed by atoms with van der Waals surface area (Å²) in [7, 11) is 0. The Morgan fingerprint density at radius 1 is 1.33 bits per heavy atom. The highest BCUT2D eigenvalue weighted by atomic mass is 35.5. The van der Waals surface area contributed by atoms with Crippen molar-refractivity contribution in [3.05, 3.63) is 0 Å². The second-order valence-corrected chi connectivity index (χ2v) is 4.81. The van der Waals surface area contributed by atoms with Crippen LogP contribution in [0.4, 0.5) is 0 Å². The molecule has 0 radical (unpaired) electrons. The van der Waals surface area contributed by atoms with E-state index in [1.807, 2.05) is 0 Å². The molecule has 0 aromatic heterocycles. The van der Waals surface area contributed by atoms with Crippen LogP contribution in [-0.4, -0.2) is 30.0 Å². The lowest BCUT2D eigenvalue weighted by Crippen LogP contribution is -2.41. The molecule has 0 unspecified atom stereocenters. The Hall–Kier alpha value is -0.280. The van der Waals surface area contributed by atoms with Gasteiger partial charge in [0, 0.05) is 24.3 Å². The van der Waals surface area contributed by atoms with Gasteiger partial charge in [-0.25, -0.2) is 0 Å². The number of aliphatic hydroxyl groups excluding tert-OH is 1. The molecule has 1 amide bonds. The number of nitrogens with one attached hydrogen (secondary N) is 1. The lowest BCUT2D eigenvalue weighted by Gasteiger charge is -2.35. The average Bonchev–Trinajstić information content (AvgIpc) is 2.28. The molecule has 1 rings (SSSR count). The molecule has 88 valence electrons. The molecule has 0 bridgehead atoms. The van der Waals surface area contributed by atoms with Crippen molar-refractivity contribution in [3.63, 3.8) is 0 Å². The van der Waals surface area contributed by atoms with Gasteiger partial charge < -0.3 is 10.4 Å². The summed E-state index contributed by atoms with van der Waals surface area (Å²) in [4.78, 5) is 11.3. The summed E-state index contributed by atoms with van der Waals surface area (Å²) < 4.78 is 0. The topological polar surface area (TPSA) is 49.3 Å². The number of carbonyl (C=O) groups is 1. The van der Waals surface area contributed by atoms with Gasteiger partial charge >= 0.3 is 0 Å². The monoisotopic (exact) mass is 233 g/mol. The number of alkyl halides is 1. The van der Waals surface area contributed by atoms with E-state index in [1.54, 1.807) is 0 Å². The number of halogens is 1. The predicted molar refractivity (Wildman–Crippen MR) is 61.0 cm³/mol. The second-order valence-electron chi connectivity index (χ2n) is 4.43. The fraction of sp³-hybridized carbons (Fsp3) is 0.909. The van der Waals surface area contributed by atoms with Gasteiger partial charge in [0.05, 0.1) is 6.61 Å². The van der Waals surface area contributed by atoms with Crippen LogP contribution in [0.1, 0.15) is 38.5 Å². The molecule has 4 heteroatoms. The van der Waals surface area contributed by atoms with Crippen LogP contribution in [0.3, 0.4) is 0 Å². The van der Waals surface area contributed by atoms with Gasteiger partial charge in [-0.2, -0.15) is 0 Å². The molecule has 2 N–H and O–H groups in total. The molecular formula is C11H20ClNO2. The molecule has 0 spiro atoms. The van der Waals surface area contributed by atoms with Crippen molar-refractivity contribution in [2.75, 3.05) is 19.0 Å². The van der Waals surface area contributed by atoms with Gasteiger partial charge in [-0.1, -0.05) is 19.3 Å². The number of hydrogen-bond donors (Lipinski definition) is 2. The van der Waals surface area contributed by atoms with E-state index < -0.39 is 0 Å². The van der Waals surface area contributed by atoms with Crippen molar-refractivity contribution in [3.8, 4) is 0 Å². The predicted octanol–water partition coefficient (Wildman–Crippen LogP) is 1.67. The largest absolute Gasteiger partial charge is 0.396 e. The third-order valence-electron chi connectivity index (χ3n) is 3.23. The van der Waals surface area contributed by atoms with E-state index in [1.165, 1.54) is 6.42 Å². The van der Waals surface area contributed by atoms with Crippen LogP contribution >= 0.6 is 11.6 Å². The highest BCUT2D eigenvalue weighted by Gasteiger charge is 2.31. The van der Waals surface area contributed by atoms with E-state index in [9.17, 15) is 9.90 Å². The number of aliphatic hydroxyl groups is 1. The maximum absolute atomic E-state index is 11.3. The SMILES string of the molecule is O=C(CCCl)NCC1(CO)CCCCC1. The first-order chi connectivity index (χ1) is 7.22. The fourth-order valence-electron chi connectivity index (χ4n) is 2.15. The van der Waals surface area contributed by atoms with Crippen LogP contribution in [0.5, 0.6) is 0 Å². The van der Waals surface area contributed by atoms with Crippen LogP contribution in [-0.2, 0) is 4.79 Å². The number of carbonyl (C=O) groups excluding carboxylic acids is 1. The summed E-state index contributed by atoms with van der Waals surface area (Å²) in [6.07, 6.45) is 5.97. The first-order valence-corrected chi connectivity index (χ1v) is 6.19. The molecule has 0 saturated heterocycles. The van der Waals surface area contributed by atoms with Gasteiger partial charge in [-0.05, 0) is 12.8 Å². The van der Waals surface area contributed by atoms with Crippen LogP contribution < -0.4 is 5.32 Å². The quantitative estimate of drug-likeness (QED) is 0.710. The minimum Gasteiger partial charge on any atom is -0.396 e. The van der Waals surface area contributed by atoms with Gasteiger partial charge in [0.25, 0.3) is 0 Å². The standard InChI is InChI=1S/C11H20ClNO2/c12-7-4-10(15)13-8-11(9-14)5-2-1-3-6-11/h14H,1-9H2,(H,13,15). The third-order valence-corrected chi connectivity index (χ3v) is 3.42. The van der Waals surface area contributed by atoms with E-state index in [2.05, 4.69) is 5.32 Å². The molecular weight excluding hydrogens is 214 g/mol. The molecule has 0 heterocycles. The van der Waals surface area contributed by atoms with Gasteiger partial charge in [0.15, 0.2) is 0 Å². The lowest BCUT2D eigenvalue weighted by molar-refractivity contribution is -0.121. The van der Waals surface area contributed by atoms with E-state index in [-0.39, 0.29) is 17.9 Å².